The lowest BCUT2D eigenvalue weighted by molar-refractivity contribution is -0.122. The van der Waals surface area contributed by atoms with Crippen LogP contribution in [0.1, 0.15) is 19.4 Å². The van der Waals surface area contributed by atoms with E-state index in [1.807, 2.05) is 32.2 Å². The molecule has 0 atom stereocenters. The molecule has 2 aromatic carbocycles. The summed E-state index contributed by atoms with van der Waals surface area (Å²) in [5, 5.41) is 11.8. The van der Waals surface area contributed by atoms with Crippen LogP contribution >= 0.6 is 0 Å². The number of likely N-dealkylation sites (tertiary alicyclic amines) is 1. The van der Waals surface area contributed by atoms with Gasteiger partial charge in [0.2, 0.25) is 5.91 Å². The fraction of sp³-hybridized carbons (Fsp3) is 0.370. The lowest BCUT2D eigenvalue weighted by atomic mass is 10.0. The first kappa shape index (κ1) is 24.4. The molecule has 1 aliphatic heterocycles. The van der Waals surface area contributed by atoms with Crippen molar-refractivity contribution in [3.63, 3.8) is 0 Å². The van der Waals surface area contributed by atoms with Gasteiger partial charge in [0.1, 0.15) is 12.4 Å². The summed E-state index contributed by atoms with van der Waals surface area (Å²) in [6.07, 6.45) is 2.77. The number of hydrogen-bond acceptors (Lipinski definition) is 5. The van der Waals surface area contributed by atoms with Crippen LogP contribution in [-0.4, -0.2) is 53.1 Å². The topological polar surface area (TPSA) is 83.2 Å². The Hall–Kier alpha value is -3.70. The number of nitrogens with one attached hydrogen (secondary N) is 1. The summed E-state index contributed by atoms with van der Waals surface area (Å²) < 4.78 is 20.9. The Bertz CT molecular complexity index is 1220. The number of carbonyl (C=O) groups excluding carboxylic acids is 1. The summed E-state index contributed by atoms with van der Waals surface area (Å²) >= 11 is 0. The highest BCUT2D eigenvalue weighted by Gasteiger charge is 2.25. The molecule has 0 radical (unpaired) electrons. The van der Waals surface area contributed by atoms with Gasteiger partial charge in [-0.25, -0.2) is 9.37 Å². The van der Waals surface area contributed by atoms with E-state index < -0.39 is 5.82 Å². The standard InChI is InChI=1S/C27H30FN5O2/c1-18(2)30-26(34)17-33-16-24(31-27(33)22-8-9-23(28)25(12-22)35-3)21-6-4-19(5-7-21)10-11-32-14-20(13-29)15-32/h4-9,12,16,18,20H,10-11,14-15,17H2,1-3H3,(H,30,34). The highest BCUT2D eigenvalue weighted by Crippen LogP contribution is 2.29. The number of halogens is 1. The van der Waals surface area contributed by atoms with Crippen molar-refractivity contribution >= 4 is 5.91 Å². The fourth-order valence-corrected chi connectivity index (χ4v) is 4.19. The summed E-state index contributed by atoms with van der Waals surface area (Å²) in [6.45, 7) is 6.56. The van der Waals surface area contributed by atoms with E-state index in [0.29, 0.717) is 11.4 Å². The minimum Gasteiger partial charge on any atom is -0.494 e. The Balaban J connectivity index is 1.56. The molecule has 3 aromatic rings. The van der Waals surface area contributed by atoms with Crippen LogP contribution in [0.15, 0.2) is 48.7 Å². The predicted octanol–water partition coefficient (Wildman–Crippen LogP) is 3.89. The van der Waals surface area contributed by atoms with Gasteiger partial charge in [0, 0.05) is 43.0 Å². The zero-order valence-corrected chi connectivity index (χ0v) is 20.3. The number of methoxy groups -OCH3 is 1. The van der Waals surface area contributed by atoms with Crippen LogP contribution in [0.5, 0.6) is 5.75 Å². The molecule has 1 saturated heterocycles. The number of ether oxygens (including phenoxy) is 1. The molecule has 4 rings (SSSR count). The van der Waals surface area contributed by atoms with Gasteiger partial charge in [-0.3, -0.25) is 4.79 Å². The Morgan fingerprint density at radius 1 is 1.23 bits per heavy atom. The van der Waals surface area contributed by atoms with Gasteiger partial charge < -0.3 is 19.5 Å². The van der Waals surface area contributed by atoms with Gasteiger partial charge >= 0.3 is 0 Å². The summed E-state index contributed by atoms with van der Waals surface area (Å²) in [6, 6.07) is 15.1. The number of nitrogens with zero attached hydrogens (tertiary/aromatic N) is 4. The SMILES string of the molecule is COc1cc(-c2nc(-c3ccc(CCN4CC(C#N)C4)cc3)cn2CC(=O)NC(C)C)ccc1F. The molecule has 0 spiro atoms. The molecule has 1 N–H and O–H groups in total. The summed E-state index contributed by atoms with van der Waals surface area (Å²) in [4.78, 5) is 19.6. The zero-order valence-electron chi connectivity index (χ0n) is 20.3. The maximum atomic E-state index is 14.0. The molecule has 1 amide bonds. The molecule has 1 aliphatic rings. The number of aromatic nitrogens is 2. The molecule has 2 heterocycles. The summed E-state index contributed by atoms with van der Waals surface area (Å²) in [5.74, 6) is 0.276. The van der Waals surface area contributed by atoms with E-state index in [2.05, 4.69) is 28.4 Å². The third-order valence-corrected chi connectivity index (χ3v) is 6.06. The van der Waals surface area contributed by atoms with Crippen molar-refractivity contribution in [1.82, 2.24) is 19.8 Å². The van der Waals surface area contributed by atoms with Crippen molar-refractivity contribution in [3.05, 3.63) is 60.0 Å². The second kappa shape index (κ2) is 10.7. The number of amides is 1. The minimum atomic E-state index is -0.455. The number of rotatable bonds is 9. The maximum Gasteiger partial charge on any atom is 0.240 e. The first-order valence-corrected chi connectivity index (χ1v) is 11.8. The van der Waals surface area contributed by atoms with Crippen molar-refractivity contribution in [2.45, 2.75) is 32.9 Å². The summed E-state index contributed by atoms with van der Waals surface area (Å²) in [5.41, 5.74) is 3.54. The first-order chi connectivity index (χ1) is 16.9. The Kier molecular flexibility index (Phi) is 7.47. The molecule has 0 unspecified atom stereocenters. The molecule has 1 fully saturated rings. The first-order valence-electron chi connectivity index (χ1n) is 11.8. The normalized spacial score (nSPS) is 13.9. The van der Waals surface area contributed by atoms with Gasteiger partial charge in [-0.15, -0.1) is 0 Å². The van der Waals surface area contributed by atoms with Gasteiger partial charge in [-0.2, -0.15) is 5.26 Å². The molecular formula is C27H30FN5O2. The Labute approximate surface area is 205 Å². The van der Waals surface area contributed by atoms with Crippen molar-refractivity contribution in [2.24, 2.45) is 5.92 Å². The monoisotopic (exact) mass is 475 g/mol. The summed E-state index contributed by atoms with van der Waals surface area (Å²) in [7, 11) is 1.42. The van der Waals surface area contributed by atoms with Crippen LogP contribution in [-0.2, 0) is 17.8 Å². The third kappa shape index (κ3) is 5.87. The van der Waals surface area contributed by atoms with Crippen LogP contribution in [0, 0.1) is 23.1 Å². The molecular weight excluding hydrogens is 445 g/mol. The maximum absolute atomic E-state index is 14.0. The molecule has 1 aromatic heterocycles. The second-order valence-corrected chi connectivity index (χ2v) is 9.18. The van der Waals surface area contributed by atoms with E-state index in [-0.39, 0.29) is 30.2 Å². The van der Waals surface area contributed by atoms with E-state index in [1.54, 1.807) is 16.7 Å². The number of hydrogen-bond donors (Lipinski definition) is 1. The zero-order chi connectivity index (χ0) is 24.9. The minimum absolute atomic E-state index is 0.0226. The van der Waals surface area contributed by atoms with E-state index in [0.717, 1.165) is 37.3 Å². The van der Waals surface area contributed by atoms with Crippen molar-refractivity contribution in [2.75, 3.05) is 26.7 Å². The number of nitriles is 1. The molecule has 0 bridgehead atoms. The molecule has 182 valence electrons. The van der Waals surface area contributed by atoms with Gasteiger partial charge in [-0.05, 0) is 44.0 Å². The lowest BCUT2D eigenvalue weighted by Gasteiger charge is -2.35. The molecule has 0 saturated carbocycles. The predicted molar refractivity (Wildman–Crippen MR) is 132 cm³/mol. The Morgan fingerprint density at radius 2 is 1.94 bits per heavy atom. The van der Waals surface area contributed by atoms with E-state index in [1.165, 1.54) is 18.7 Å². The number of imidazole rings is 1. The van der Waals surface area contributed by atoms with Crippen molar-refractivity contribution < 1.29 is 13.9 Å². The molecule has 8 heteroatoms. The van der Waals surface area contributed by atoms with E-state index in [9.17, 15) is 9.18 Å². The van der Waals surface area contributed by atoms with Crippen LogP contribution < -0.4 is 10.1 Å². The lowest BCUT2D eigenvalue weighted by Crippen LogP contribution is -2.46. The Morgan fingerprint density at radius 3 is 2.60 bits per heavy atom. The quantitative estimate of drug-likeness (QED) is 0.508. The van der Waals surface area contributed by atoms with E-state index >= 15 is 0 Å². The van der Waals surface area contributed by atoms with Crippen molar-refractivity contribution in [1.29, 1.82) is 5.26 Å². The second-order valence-electron chi connectivity index (χ2n) is 9.18. The largest absolute Gasteiger partial charge is 0.494 e. The van der Waals surface area contributed by atoms with Gasteiger partial charge in [-0.1, -0.05) is 24.3 Å². The van der Waals surface area contributed by atoms with Crippen LogP contribution in [0.3, 0.4) is 0 Å². The van der Waals surface area contributed by atoms with E-state index in [4.69, 9.17) is 15.0 Å². The smallest absolute Gasteiger partial charge is 0.240 e. The molecule has 0 aliphatic carbocycles. The van der Waals surface area contributed by atoms with Crippen molar-refractivity contribution in [3.8, 4) is 34.5 Å². The fourth-order valence-electron chi connectivity index (χ4n) is 4.19. The molecule has 35 heavy (non-hydrogen) atoms. The third-order valence-electron chi connectivity index (χ3n) is 6.06. The molecule has 7 nitrogen and oxygen atoms in total. The van der Waals surface area contributed by atoms with Gasteiger partial charge in [0.25, 0.3) is 0 Å². The highest BCUT2D eigenvalue weighted by atomic mass is 19.1. The number of benzene rings is 2. The van der Waals surface area contributed by atoms with Gasteiger partial charge in [0.05, 0.1) is 24.8 Å². The number of carbonyl (C=O) groups is 1. The van der Waals surface area contributed by atoms with Crippen LogP contribution in [0.4, 0.5) is 4.39 Å². The van der Waals surface area contributed by atoms with Crippen LogP contribution in [0.25, 0.3) is 22.6 Å². The highest BCUT2D eigenvalue weighted by molar-refractivity contribution is 5.77. The average Bonchev–Trinajstić information content (AvgIpc) is 3.22. The van der Waals surface area contributed by atoms with Crippen LogP contribution in [0.2, 0.25) is 0 Å². The van der Waals surface area contributed by atoms with Gasteiger partial charge in [0.15, 0.2) is 11.6 Å². The average molecular weight is 476 g/mol.